The van der Waals surface area contributed by atoms with Crippen LogP contribution in [-0.4, -0.2) is 18.2 Å². The predicted molar refractivity (Wildman–Crippen MR) is 63.7 cm³/mol. The molecule has 1 unspecified atom stereocenters. The Labute approximate surface area is 101 Å². The lowest BCUT2D eigenvalue weighted by atomic mass is 9.92. The Morgan fingerprint density at radius 2 is 2.00 bits per heavy atom. The summed E-state index contributed by atoms with van der Waals surface area (Å²) in [4.78, 5) is 0. The van der Waals surface area contributed by atoms with Gasteiger partial charge >= 0.3 is 0 Å². The first-order valence-corrected chi connectivity index (χ1v) is 5.70. The van der Waals surface area contributed by atoms with Gasteiger partial charge in [0.15, 0.2) is 0 Å². The Kier molecular flexibility index (Phi) is 4.60. The zero-order chi connectivity index (χ0) is 13.1. The highest BCUT2D eigenvalue weighted by Gasteiger charge is 2.27. The number of benzene rings is 1. The molecule has 0 aliphatic carbocycles. The van der Waals surface area contributed by atoms with Gasteiger partial charge in [-0.3, -0.25) is 0 Å². The fourth-order valence-electron chi connectivity index (χ4n) is 1.66. The minimum absolute atomic E-state index is 0.247. The van der Waals surface area contributed by atoms with Crippen molar-refractivity contribution < 1.29 is 13.5 Å². The molecule has 1 aromatic carbocycles. The molecule has 1 rings (SSSR count). The molecule has 17 heavy (non-hydrogen) atoms. The van der Waals surface area contributed by atoms with Crippen LogP contribution in [-0.2, 0) is 11.2 Å². The summed E-state index contributed by atoms with van der Waals surface area (Å²) in [5.41, 5.74) is 5.70. The van der Waals surface area contributed by atoms with E-state index in [2.05, 4.69) is 0 Å². The van der Waals surface area contributed by atoms with Gasteiger partial charge in [0.1, 0.15) is 11.6 Å². The van der Waals surface area contributed by atoms with E-state index in [1.807, 2.05) is 20.8 Å². The molecule has 0 heterocycles. The molecule has 2 nitrogen and oxygen atoms in total. The maximum atomic E-state index is 13.4. The van der Waals surface area contributed by atoms with E-state index >= 15 is 0 Å². The summed E-state index contributed by atoms with van der Waals surface area (Å²) in [5.74, 6) is -0.892. The third-order valence-electron chi connectivity index (χ3n) is 2.86. The average molecular weight is 243 g/mol. The Balaban J connectivity index is 2.80. The van der Waals surface area contributed by atoms with Crippen LogP contribution < -0.4 is 5.73 Å². The second-order valence-electron chi connectivity index (χ2n) is 4.58. The number of ether oxygens (including phenoxy) is 1. The van der Waals surface area contributed by atoms with Crippen molar-refractivity contribution in [1.29, 1.82) is 0 Å². The van der Waals surface area contributed by atoms with Gasteiger partial charge in [-0.1, -0.05) is 0 Å². The second kappa shape index (κ2) is 5.56. The van der Waals surface area contributed by atoms with Crippen LogP contribution in [0.4, 0.5) is 8.78 Å². The number of nitrogens with two attached hydrogens (primary N) is 1. The van der Waals surface area contributed by atoms with Crippen molar-refractivity contribution >= 4 is 0 Å². The number of halogens is 2. The largest absolute Gasteiger partial charge is 0.374 e. The molecule has 0 bridgehead atoms. The van der Waals surface area contributed by atoms with Crippen LogP contribution in [0.2, 0.25) is 0 Å². The molecule has 0 saturated carbocycles. The van der Waals surface area contributed by atoms with Crippen molar-refractivity contribution in [2.24, 2.45) is 5.73 Å². The van der Waals surface area contributed by atoms with Crippen molar-refractivity contribution in [1.82, 2.24) is 0 Å². The van der Waals surface area contributed by atoms with Gasteiger partial charge in [0.25, 0.3) is 0 Å². The van der Waals surface area contributed by atoms with Crippen molar-refractivity contribution in [2.75, 3.05) is 6.61 Å². The molecule has 0 saturated heterocycles. The molecule has 0 aliphatic heterocycles. The van der Waals surface area contributed by atoms with Crippen LogP contribution in [0.3, 0.4) is 0 Å². The predicted octanol–water partition coefficient (Wildman–Crippen LogP) is 2.65. The first-order valence-electron chi connectivity index (χ1n) is 5.70. The van der Waals surface area contributed by atoms with Gasteiger partial charge in [-0.25, -0.2) is 8.78 Å². The molecule has 0 amide bonds. The smallest absolute Gasteiger partial charge is 0.126 e. The number of hydrogen-bond acceptors (Lipinski definition) is 2. The zero-order valence-corrected chi connectivity index (χ0v) is 10.5. The highest BCUT2D eigenvalue weighted by molar-refractivity contribution is 5.20. The molecule has 1 aromatic rings. The minimum atomic E-state index is -0.562. The SMILES string of the molecule is CCOC(C)(C)C(N)Cc1cc(F)ccc1F. The minimum Gasteiger partial charge on any atom is -0.374 e. The molecule has 0 radical (unpaired) electrons. The quantitative estimate of drug-likeness (QED) is 0.862. The van der Waals surface area contributed by atoms with E-state index in [4.69, 9.17) is 10.5 Å². The molecule has 2 N–H and O–H groups in total. The van der Waals surface area contributed by atoms with E-state index in [0.717, 1.165) is 12.1 Å². The van der Waals surface area contributed by atoms with Gasteiger partial charge in [-0.05, 0) is 51.0 Å². The summed E-state index contributed by atoms with van der Waals surface area (Å²) in [5, 5.41) is 0. The van der Waals surface area contributed by atoms with Gasteiger partial charge in [0.05, 0.1) is 5.60 Å². The van der Waals surface area contributed by atoms with E-state index in [-0.39, 0.29) is 12.0 Å². The van der Waals surface area contributed by atoms with Crippen LogP contribution in [0.5, 0.6) is 0 Å². The summed E-state index contributed by atoms with van der Waals surface area (Å²) < 4.78 is 31.9. The summed E-state index contributed by atoms with van der Waals surface area (Å²) in [7, 11) is 0. The number of hydrogen-bond donors (Lipinski definition) is 1. The Morgan fingerprint density at radius 1 is 1.35 bits per heavy atom. The monoisotopic (exact) mass is 243 g/mol. The van der Waals surface area contributed by atoms with Crippen molar-refractivity contribution in [3.05, 3.63) is 35.4 Å². The molecule has 0 spiro atoms. The third-order valence-corrected chi connectivity index (χ3v) is 2.86. The zero-order valence-electron chi connectivity index (χ0n) is 10.5. The molecular formula is C13H19F2NO. The molecule has 4 heteroatoms. The third kappa shape index (κ3) is 3.75. The van der Waals surface area contributed by atoms with E-state index in [9.17, 15) is 8.78 Å². The average Bonchev–Trinajstić information content (AvgIpc) is 2.23. The van der Waals surface area contributed by atoms with Crippen LogP contribution in [0.1, 0.15) is 26.3 Å². The maximum Gasteiger partial charge on any atom is 0.126 e. The fourth-order valence-corrected chi connectivity index (χ4v) is 1.66. The highest BCUT2D eigenvalue weighted by Crippen LogP contribution is 2.19. The van der Waals surface area contributed by atoms with Gasteiger partial charge in [-0.2, -0.15) is 0 Å². The second-order valence-corrected chi connectivity index (χ2v) is 4.58. The standard InChI is InChI=1S/C13H19F2NO/c1-4-17-13(2,3)12(16)8-9-7-10(14)5-6-11(9)15/h5-7,12H,4,8,16H2,1-3H3. The molecule has 0 fully saturated rings. The maximum absolute atomic E-state index is 13.4. The first kappa shape index (κ1) is 14.1. The molecule has 96 valence electrons. The Morgan fingerprint density at radius 3 is 2.59 bits per heavy atom. The fraction of sp³-hybridized carbons (Fsp3) is 0.538. The van der Waals surface area contributed by atoms with Gasteiger partial charge in [-0.15, -0.1) is 0 Å². The topological polar surface area (TPSA) is 35.2 Å². The van der Waals surface area contributed by atoms with E-state index < -0.39 is 23.3 Å². The summed E-state index contributed by atoms with van der Waals surface area (Å²) in [6.07, 6.45) is 0.247. The van der Waals surface area contributed by atoms with Crippen LogP contribution in [0.15, 0.2) is 18.2 Å². The highest BCUT2D eigenvalue weighted by atomic mass is 19.1. The molecular weight excluding hydrogens is 224 g/mol. The van der Waals surface area contributed by atoms with Crippen LogP contribution in [0.25, 0.3) is 0 Å². The summed E-state index contributed by atoms with van der Waals surface area (Å²) in [6.45, 7) is 6.10. The first-order chi connectivity index (χ1) is 7.86. The van der Waals surface area contributed by atoms with Crippen LogP contribution in [0, 0.1) is 11.6 Å². The van der Waals surface area contributed by atoms with Gasteiger partial charge < -0.3 is 10.5 Å². The van der Waals surface area contributed by atoms with Crippen molar-refractivity contribution in [2.45, 2.75) is 38.8 Å². The van der Waals surface area contributed by atoms with Crippen molar-refractivity contribution in [3.63, 3.8) is 0 Å². The number of rotatable bonds is 5. The molecule has 0 aromatic heterocycles. The summed E-state index contributed by atoms with van der Waals surface area (Å²) >= 11 is 0. The van der Waals surface area contributed by atoms with Crippen LogP contribution >= 0.6 is 0 Å². The van der Waals surface area contributed by atoms with Gasteiger partial charge in [0, 0.05) is 12.6 Å². The lowest BCUT2D eigenvalue weighted by molar-refractivity contribution is -0.0289. The summed E-state index contributed by atoms with van der Waals surface area (Å²) in [6, 6.07) is 3.00. The van der Waals surface area contributed by atoms with Crippen molar-refractivity contribution in [3.8, 4) is 0 Å². The van der Waals surface area contributed by atoms with E-state index in [1.165, 1.54) is 6.07 Å². The normalized spacial score (nSPS) is 13.8. The molecule has 0 aliphatic rings. The lowest BCUT2D eigenvalue weighted by Crippen LogP contribution is -2.46. The van der Waals surface area contributed by atoms with Gasteiger partial charge in [0.2, 0.25) is 0 Å². The van der Waals surface area contributed by atoms with E-state index in [1.54, 1.807) is 0 Å². The Hall–Kier alpha value is -1.00. The van der Waals surface area contributed by atoms with E-state index in [0.29, 0.717) is 6.61 Å². The lowest BCUT2D eigenvalue weighted by Gasteiger charge is -2.31. The Bertz CT molecular complexity index is 380. The molecule has 1 atom stereocenters.